The smallest absolute Gasteiger partial charge is 0.221 e. The second-order valence-electron chi connectivity index (χ2n) is 1.87. The molecular formula is C6H8N4. The number of rotatable bonds is 0. The average molecular weight is 140 g/mol. The van der Waals surface area contributed by atoms with Gasteiger partial charge in [-0.05, 0) is 6.37 Å². The molecule has 3 N–H and O–H groups in total. The van der Waals surface area contributed by atoms with Crippen molar-refractivity contribution < 1.29 is 5.48 Å². The third-order valence-corrected chi connectivity index (χ3v) is 1.19. The minimum atomic E-state index is -2.18. The van der Waals surface area contributed by atoms with Gasteiger partial charge in [0.15, 0.2) is 0 Å². The van der Waals surface area contributed by atoms with Gasteiger partial charge in [-0.1, -0.05) is 0 Å². The first kappa shape index (κ1) is 2.74. The van der Waals surface area contributed by atoms with Crippen LogP contribution >= 0.6 is 0 Å². The molecule has 0 fully saturated rings. The van der Waals surface area contributed by atoms with Crippen molar-refractivity contribution in [2.45, 2.75) is 6.37 Å². The monoisotopic (exact) mass is 140 g/mol. The molecule has 2 heterocycles. The molecular weight excluding hydrogens is 128 g/mol. The molecule has 0 atom stereocenters. The highest BCUT2D eigenvalue weighted by Gasteiger charge is 2.10. The Labute approximate surface area is 64.1 Å². The number of fused-ring (bicyclic) bond motifs is 1. The van der Waals surface area contributed by atoms with E-state index in [0.717, 1.165) is 0 Å². The summed E-state index contributed by atoms with van der Waals surface area (Å²) >= 11 is 0. The molecule has 10 heavy (non-hydrogen) atoms. The lowest BCUT2D eigenvalue weighted by Crippen LogP contribution is -1.98. The standard InChI is InChI=1S/C6H8N4/c7-6-9-3-4-1-2-8-5(4)10-6/h3H,1-2H2,(H3,7,8,9,10)/i1D2,2D2. The average Bonchev–Trinajstić information content (AvgIpc) is 2.18. The van der Waals surface area contributed by atoms with Crippen LogP contribution in [-0.2, 0) is 6.37 Å². The van der Waals surface area contributed by atoms with Crippen molar-refractivity contribution in [2.24, 2.45) is 0 Å². The Hall–Kier alpha value is -1.32. The van der Waals surface area contributed by atoms with E-state index in [9.17, 15) is 0 Å². The van der Waals surface area contributed by atoms with Crippen LogP contribution in [0.15, 0.2) is 6.20 Å². The summed E-state index contributed by atoms with van der Waals surface area (Å²) in [4.78, 5) is 7.35. The summed E-state index contributed by atoms with van der Waals surface area (Å²) < 4.78 is 29.9. The molecule has 0 amide bonds. The summed E-state index contributed by atoms with van der Waals surface area (Å²) in [5.41, 5.74) is 5.40. The Morgan fingerprint density at radius 1 is 1.80 bits per heavy atom. The third kappa shape index (κ3) is 0.689. The van der Waals surface area contributed by atoms with Crippen LogP contribution in [0.1, 0.15) is 11.0 Å². The minimum Gasteiger partial charge on any atom is -0.369 e. The number of nitrogens with one attached hydrogen (secondary N) is 1. The first-order valence-electron chi connectivity index (χ1n) is 4.76. The molecule has 0 aliphatic carbocycles. The van der Waals surface area contributed by atoms with Gasteiger partial charge in [0.2, 0.25) is 5.95 Å². The van der Waals surface area contributed by atoms with Crippen molar-refractivity contribution in [1.29, 1.82) is 0 Å². The Kier molecular flexibility index (Phi) is 0.501. The lowest BCUT2D eigenvalue weighted by Gasteiger charge is -1.96. The topological polar surface area (TPSA) is 63.8 Å². The van der Waals surface area contributed by atoms with Crippen LogP contribution in [-0.4, -0.2) is 16.5 Å². The SMILES string of the molecule is [2H]C1([2H])Nc2nc(N)ncc2C1([2H])[2H]. The number of anilines is 2. The van der Waals surface area contributed by atoms with Crippen LogP contribution in [0.25, 0.3) is 0 Å². The van der Waals surface area contributed by atoms with Gasteiger partial charge in [0, 0.05) is 23.7 Å². The molecule has 2 rings (SSSR count). The molecule has 4 heteroatoms. The molecule has 0 bridgehead atoms. The predicted octanol–water partition coefficient (Wildman–Crippen LogP) is 0.0268. The van der Waals surface area contributed by atoms with E-state index in [4.69, 9.17) is 11.2 Å². The van der Waals surface area contributed by atoms with Crippen LogP contribution in [0.4, 0.5) is 11.8 Å². The fourth-order valence-corrected chi connectivity index (χ4v) is 0.740. The van der Waals surface area contributed by atoms with Crippen molar-refractivity contribution in [1.82, 2.24) is 9.97 Å². The number of aryl methyl sites for hydroxylation is 1. The maximum Gasteiger partial charge on any atom is 0.221 e. The van der Waals surface area contributed by atoms with Gasteiger partial charge < -0.3 is 11.1 Å². The first-order chi connectivity index (χ1) is 6.34. The highest BCUT2D eigenvalue weighted by Crippen LogP contribution is 2.17. The van der Waals surface area contributed by atoms with Crippen LogP contribution < -0.4 is 11.1 Å². The fourth-order valence-electron chi connectivity index (χ4n) is 0.740. The predicted molar refractivity (Wildman–Crippen MR) is 38.6 cm³/mol. The normalized spacial score (nSPS) is 30.4. The van der Waals surface area contributed by atoms with Crippen molar-refractivity contribution in [2.75, 3.05) is 17.5 Å². The molecule has 4 nitrogen and oxygen atoms in total. The largest absolute Gasteiger partial charge is 0.369 e. The summed E-state index contributed by atoms with van der Waals surface area (Å²) in [5.74, 6) is 0.109. The molecule has 1 aliphatic heterocycles. The lowest BCUT2D eigenvalue weighted by molar-refractivity contribution is 1.09. The Bertz CT molecular complexity index is 391. The Morgan fingerprint density at radius 2 is 2.70 bits per heavy atom. The summed E-state index contributed by atoms with van der Waals surface area (Å²) in [5, 5.41) is 2.33. The zero-order valence-electron chi connectivity index (χ0n) is 9.05. The van der Waals surface area contributed by atoms with E-state index in [-0.39, 0.29) is 17.3 Å². The van der Waals surface area contributed by atoms with E-state index in [1.165, 1.54) is 6.20 Å². The lowest BCUT2D eigenvalue weighted by atomic mass is 10.3. The van der Waals surface area contributed by atoms with Crippen molar-refractivity contribution in [3.05, 3.63) is 11.8 Å². The highest BCUT2D eigenvalue weighted by molar-refractivity contribution is 5.49. The van der Waals surface area contributed by atoms with Gasteiger partial charge >= 0.3 is 0 Å². The summed E-state index contributed by atoms with van der Waals surface area (Å²) in [6.07, 6.45) is -0.939. The first-order valence-corrected chi connectivity index (χ1v) is 2.76. The summed E-state index contributed by atoms with van der Waals surface area (Å²) in [7, 11) is 0. The van der Waals surface area contributed by atoms with Gasteiger partial charge in [0.1, 0.15) is 5.82 Å². The number of nitrogens with two attached hydrogens (primary N) is 1. The Morgan fingerprint density at radius 3 is 3.60 bits per heavy atom. The second kappa shape index (κ2) is 1.83. The van der Waals surface area contributed by atoms with E-state index in [0.29, 0.717) is 0 Å². The van der Waals surface area contributed by atoms with E-state index < -0.39 is 12.9 Å². The fraction of sp³-hybridized carbons (Fsp3) is 0.333. The minimum absolute atomic E-state index is 0.00949. The van der Waals surface area contributed by atoms with Crippen molar-refractivity contribution >= 4 is 11.8 Å². The van der Waals surface area contributed by atoms with E-state index in [1.807, 2.05) is 0 Å². The highest BCUT2D eigenvalue weighted by atomic mass is 15.1. The number of hydrogen-bond donors (Lipinski definition) is 2. The number of hydrogen-bond acceptors (Lipinski definition) is 4. The van der Waals surface area contributed by atoms with Gasteiger partial charge in [0.05, 0.1) is 0 Å². The molecule has 0 radical (unpaired) electrons. The van der Waals surface area contributed by atoms with Crippen LogP contribution in [0.3, 0.4) is 0 Å². The number of nitrogens with zero attached hydrogens (tertiary/aromatic N) is 2. The van der Waals surface area contributed by atoms with Gasteiger partial charge in [0.25, 0.3) is 0 Å². The molecule has 0 saturated heterocycles. The van der Waals surface area contributed by atoms with Crippen LogP contribution in [0, 0.1) is 0 Å². The van der Waals surface area contributed by atoms with Gasteiger partial charge in [-0.25, -0.2) is 4.98 Å². The zero-order valence-corrected chi connectivity index (χ0v) is 5.05. The molecule has 52 valence electrons. The van der Waals surface area contributed by atoms with Crippen molar-refractivity contribution in [3.8, 4) is 0 Å². The van der Waals surface area contributed by atoms with Crippen molar-refractivity contribution in [3.63, 3.8) is 0 Å². The Balaban J connectivity index is 2.60. The van der Waals surface area contributed by atoms with E-state index in [1.54, 1.807) is 0 Å². The summed E-state index contributed by atoms with van der Waals surface area (Å²) in [6, 6.07) is 0. The van der Waals surface area contributed by atoms with Gasteiger partial charge in [-0.3, -0.25) is 0 Å². The maximum atomic E-state index is 7.55. The quantitative estimate of drug-likeness (QED) is 0.533. The number of nitrogen functional groups attached to an aromatic ring is 1. The molecule has 0 unspecified atom stereocenters. The van der Waals surface area contributed by atoms with Crippen LogP contribution in [0.2, 0.25) is 0 Å². The maximum absolute atomic E-state index is 7.55. The molecule has 0 spiro atoms. The van der Waals surface area contributed by atoms with E-state index in [2.05, 4.69) is 15.3 Å². The third-order valence-electron chi connectivity index (χ3n) is 1.19. The molecule has 1 aromatic rings. The van der Waals surface area contributed by atoms with Gasteiger partial charge in [-0.15, -0.1) is 0 Å². The zero-order chi connectivity index (χ0) is 10.6. The summed E-state index contributed by atoms with van der Waals surface area (Å²) in [6.45, 7) is -2.18. The van der Waals surface area contributed by atoms with Gasteiger partial charge in [-0.2, -0.15) is 4.98 Å². The second-order valence-corrected chi connectivity index (χ2v) is 1.87. The molecule has 1 aliphatic rings. The molecule has 0 saturated carbocycles. The van der Waals surface area contributed by atoms with E-state index >= 15 is 0 Å². The van der Waals surface area contributed by atoms with Crippen LogP contribution in [0.5, 0.6) is 0 Å². The molecule has 1 aromatic heterocycles. The number of aromatic nitrogens is 2. The molecule has 0 aromatic carbocycles.